The number of hydrogen-bond donors (Lipinski definition) is 1. The fraction of sp³-hybridized carbons (Fsp3) is 0.381. The molecule has 1 aliphatic rings. The van der Waals surface area contributed by atoms with E-state index in [4.69, 9.17) is 0 Å². The van der Waals surface area contributed by atoms with E-state index in [0.717, 1.165) is 6.42 Å². The van der Waals surface area contributed by atoms with E-state index in [0.29, 0.717) is 22.1 Å². The molecule has 27 heavy (non-hydrogen) atoms. The average Bonchev–Trinajstić information content (AvgIpc) is 3.13. The van der Waals surface area contributed by atoms with Crippen molar-refractivity contribution in [2.75, 3.05) is 6.26 Å². The first-order chi connectivity index (χ1) is 12.8. The van der Waals surface area contributed by atoms with Crippen LogP contribution in [-0.2, 0) is 14.6 Å². The zero-order valence-electron chi connectivity index (χ0n) is 15.9. The van der Waals surface area contributed by atoms with Crippen LogP contribution in [0.3, 0.4) is 0 Å². The molecule has 1 N–H and O–H groups in total. The number of hydrogen-bond acceptors (Lipinski definition) is 4. The number of thioether (sulfide) groups is 1. The van der Waals surface area contributed by atoms with Crippen molar-refractivity contribution in [3.8, 4) is 0 Å². The molecule has 1 fully saturated rings. The molecule has 4 nitrogen and oxygen atoms in total. The van der Waals surface area contributed by atoms with Crippen molar-refractivity contribution < 1.29 is 13.2 Å². The zero-order chi connectivity index (χ0) is 19.9. The van der Waals surface area contributed by atoms with Gasteiger partial charge in [-0.05, 0) is 42.4 Å². The van der Waals surface area contributed by atoms with Gasteiger partial charge in [-0.25, -0.2) is 8.42 Å². The van der Waals surface area contributed by atoms with Crippen molar-refractivity contribution in [1.29, 1.82) is 0 Å². The summed E-state index contributed by atoms with van der Waals surface area (Å²) >= 11 is 1.35. The lowest BCUT2D eigenvalue weighted by Crippen LogP contribution is -2.22. The molecule has 0 saturated heterocycles. The summed E-state index contributed by atoms with van der Waals surface area (Å²) in [7, 11) is -3.27. The highest BCUT2D eigenvalue weighted by Crippen LogP contribution is 2.29. The molecule has 2 rings (SSSR count). The molecule has 0 unspecified atom stereocenters. The van der Waals surface area contributed by atoms with E-state index < -0.39 is 9.84 Å². The third-order valence-corrected chi connectivity index (χ3v) is 6.49. The lowest BCUT2D eigenvalue weighted by Gasteiger charge is -2.12. The second kappa shape index (κ2) is 9.95. The number of amides is 1. The normalized spacial score (nSPS) is 16.0. The third kappa shape index (κ3) is 6.70. The molecule has 1 saturated carbocycles. The first-order valence-corrected chi connectivity index (χ1v) is 11.9. The van der Waals surface area contributed by atoms with Crippen molar-refractivity contribution in [3.63, 3.8) is 0 Å². The SMILES string of the molecule is C=C(NC(=O)/C(=C/CC1CCCC1)c1ccc(S(C)(=O)=O)cc1)S/C=C\C. The van der Waals surface area contributed by atoms with Gasteiger partial charge in [0, 0.05) is 11.8 Å². The van der Waals surface area contributed by atoms with Crippen LogP contribution in [0.5, 0.6) is 0 Å². The van der Waals surface area contributed by atoms with Crippen LogP contribution in [0.4, 0.5) is 0 Å². The molecular formula is C21H27NO3S2. The molecule has 0 radical (unpaired) electrons. The maximum Gasteiger partial charge on any atom is 0.256 e. The largest absolute Gasteiger partial charge is 0.317 e. The molecule has 0 aliphatic heterocycles. The van der Waals surface area contributed by atoms with Crippen LogP contribution in [0.25, 0.3) is 5.57 Å². The molecule has 0 bridgehead atoms. The standard InChI is InChI=1S/C21H27NO3S2/c1-4-15-26-16(2)22-21(23)20(14-9-17-7-5-6-8-17)18-10-12-19(13-11-18)27(3,24)25/h4,10-15,17H,2,5-9H2,1,3H3,(H,22,23)/b15-4-,20-14+. The molecule has 1 amide bonds. The van der Waals surface area contributed by atoms with E-state index in [2.05, 4.69) is 11.9 Å². The number of allylic oxidation sites excluding steroid dienone is 2. The Kier molecular flexibility index (Phi) is 7.92. The second-order valence-corrected chi connectivity index (χ2v) is 9.78. The lowest BCUT2D eigenvalue weighted by atomic mass is 9.98. The highest BCUT2D eigenvalue weighted by atomic mass is 32.2. The Hall–Kier alpha value is -1.79. The molecule has 1 aromatic rings. The number of rotatable bonds is 8. The Balaban J connectivity index is 2.24. The van der Waals surface area contributed by atoms with Crippen molar-refractivity contribution in [3.05, 3.63) is 59.0 Å². The highest BCUT2D eigenvalue weighted by molar-refractivity contribution is 8.05. The molecular weight excluding hydrogens is 378 g/mol. The van der Waals surface area contributed by atoms with Crippen LogP contribution in [-0.4, -0.2) is 20.6 Å². The van der Waals surface area contributed by atoms with Crippen LogP contribution >= 0.6 is 11.8 Å². The minimum Gasteiger partial charge on any atom is -0.317 e. The summed E-state index contributed by atoms with van der Waals surface area (Å²) in [6.45, 7) is 5.77. The molecule has 1 aromatic carbocycles. The van der Waals surface area contributed by atoms with Crippen molar-refractivity contribution in [2.45, 2.75) is 43.9 Å². The Morgan fingerprint density at radius 2 is 1.89 bits per heavy atom. The van der Waals surface area contributed by atoms with Gasteiger partial charge in [0.15, 0.2) is 9.84 Å². The fourth-order valence-electron chi connectivity index (χ4n) is 3.13. The predicted octanol–water partition coefficient (Wildman–Crippen LogP) is 4.91. The summed E-state index contributed by atoms with van der Waals surface area (Å²) < 4.78 is 23.4. The minimum atomic E-state index is -3.27. The van der Waals surface area contributed by atoms with E-state index in [1.807, 2.05) is 24.5 Å². The van der Waals surface area contributed by atoms with Crippen LogP contribution in [0.1, 0.15) is 44.6 Å². The Bertz CT molecular complexity index is 831. The van der Waals surface area contributed by atoms with Gasteiger partial charge in [0.1, 0.15) is 0 Å². The molecule has 146 valence electrons. The number of sulfone groups is 1. The van der Waals surface area contributed by atoms with Gasteiger partial charge in [0.05, 0.1) is 9.92 Å². The number of carbonyl (C=O) groups is 1. The lowest BCUT2D eigenvalue weighted by molar-refractivity contribution is -0.114. The molecule has 0 heterocycles. The quantitative estimate of drug-likeness (QED) is 0.624. The second-order valence-electron chi connectivity index (χ2n) is 6.77. The first kappa shape index (κ1) is 21.5. The Morgan fingerprint density at radius 1 is 1.26 bits per heavy atom. The topological polar surface area (TPSA) is 63.2 Å². The van der Waals surface area contributed by atoms with Crippen LogP contribution in [0.2, 0.25) is 0 Å². The Labute approximate surface area is 166 Å². The number of benzene rings is 1. The zero-order valence-corrected chi connectivity index (χ0v) is 17.5. The van der Waals surface area contributed by atoms with Crippen molar-refractivity contribution in [2.24, 2.45) is 5.92 Å². The van der Waals surface area contributed by atoms with Crippen molar-refractivity contribution in [1.82, 2.24) is 5.32 Å². The summed E-state index contributed by atoms with van der Waals surface area (Å²) in [4.78, 5) is 13.1. The van der Waals surface area contributed by atoms with E-state index in [1.165, 1.54) is 43.7 Å². The Morgan fingerprint density at radius 3 is 2.44 bits per heavy atom. The van der Waals surface area contributed by atoms with Crippen LogP contribution in [0, 0.1) is 5.92 Å². The maximum atomic E-state index is 12.8. The minimum absolute atomic E-state index is 0.220. The van der Waals surface area contributed by atoms with Gasteiger partial charge in [-0.2, -0.15) is 0 Å². The van der Waals surface area contributed by atoms with Gasteiger partial charge in [0.2, 0.25) is 0 Å². The van der Waals surface area contributed by atoms with Crippen LogP contribution < -0.4 is 5.32 Å². The van der Waals surface area contributed by atoms with Crippen molar-refractivity contribution >= 4 is 33.1 Å². The fourth-order valence-corrected chi connectivity index (χ4v) is 4.21. The predicted molar refractivity (Wildman–Crippen MR) is 114 cm³/mol. The summed E-state index contributed by atoms with van der Waals surface area (Å²) in [5, 5.41) is 5.23. The smallest absolute Gasteiger partial charge is 0.256 e. The monoisotopic (exact) mass is 405 g/mol. The molecule has 1 aliphatic carbocycles. The van der Waals surface area contributed by atoms with Gasteiger partial charge in [-0.3, -0.25) is 4.79 Å². The summed E-state index contributed by atoms with van der Waals surface area (Å²) in [5.41, 5.74) is 1.27. The van der Waals surface area contributed by atoms with E-state index in [9.17, 15) is 13.2 Å². The van der Waals surface area contributed by atoms with Gasteiger partial charge < -0.3 is 5.32 Å². The van der Waals surface area contributed by atoms with Gasteiger partial charge in [-0.1, -0.05) is 68.3 Å². The van der Waals surface area contributed by atoms with Gasteiger partial charge >= 0.3 is 0 Å². The summed E-state index contributed by atoms with van der Waals surface area (Å²) in [6, 6.07) is 6.48. The summed E-state index contributed by atoms with van der Waals surface area (Å²) in [5.74, 6) is 0.394. The third-order valence-electron chi connectivity index (χ3n) is 4.57. The maximum absolute atomic E-state index is 12.8. The molecule has 6 heteroatoms. The summed E-state index contributed by atoms with van der Waals surface area (Å²) in [6.07, 6.45) is 10.8. The first-order valence-electron chi connectivity index (χ1n) is 9.10. The van der Waals surface area contributed by atoms with E-state index in [1.54, 1.807) is 24.3 Å². The van der Waals surface area contributed by atoms with E-state index >= 15 is 0 Å². The number of nitrogens with one attached hydrogen (secondary N) is 1. The highest BCUT2D eigenvalue weighted by Gasteiger charge is 2.18. The van der Waals surface area contributed by atoms with E-state index in [-0.39, 0.29) is 10.8 Å². The number of carbonyl (C=O) groups excluding carboxylic acids is 1. The molecule has 0 aromatic heterocycles. The average molecular weight is 406 g/mol. The van der Waals surface area contributed by atoms with Gasteiger partial charge in [-0.15, -0.1) is 0 Å². The van der Waals surface area contributed by atoms with Crippen LogP contribution in [0.15, 0.2) is 58.3 Å². The molecule has 0 spiro atoms. The molecule has 0 atom stereocenters. The van der Waals surface area contributed by atoms with Gasteiger partial charge in [0.25, 0.3) is 5.91 Å².